The van der Waals surface area contributed by atoms with E-state index in [2.05, 4.69) is 25.7 Å². The highest BCUT2D eigenvalue weighted by atomic mass is 19.2. The van der Waals surface area contributed by atoms with Gasteiger partial charge in [-0.1, -0.05) is 6.92 Å². The Morgan fingerprint density at radius 2 is 2.08 bits per heavy atom. The van der Waals surface area contributed by atoms with Crippen LogP contribution < -0.4 is 0 Å². The standard InChI is InChI=1S/C10H20FNO/c1-5-10(11)6-7-12(8-13-10)9(2,3)4/h5-8H2,1-4H3. The van der Waals surface area contributed by atoms with Crippen LogP contribution in [0.5, 0.6) is 0 Å². The molecule has 2 nitrogen and oxygen atoms in total. The van der Waals surface area contributed by atoms with Gasteiger partial charge in [0.15, 0.2) is 0 Å². The summed E-state index contributed by atoms with van der Waals surface area (Å²) in [4.78, 5) is 2.15. The zero-order chi connectivity index (χ0) is 10.1. The van der Waals surface area contributed by atoms with Gasteiger partial charge in [-0.3, -0.25) is 4.90 Å². The highest BCUT2D eigenvalue weighted by Gasteiger charge is 2.36. The van der Waals surface area contributed by atoms with Gasteiger partial charge in [-0.05, 0) is 20.8 Å². The van der Waals surface area contributed by atoms with Crippen LogP contribution in [-0.2, 0) is 4.74 Å². The maximum Gasteiger partial charge on any atom is 0.211 e. The quantitative estimate of drug-likeness (QED) is 0.628. The van der Waals surface area contributed by atoms with Crippen molar-refractivity contribution in [3.63, 3.8) is 0 Å². The average Bonchev–Trinajstić information content (AvgIpc) is 2.04. The second kappa shape index (κ2) is 3.54. The maximum absolute atomic E-state index is 13.6. The molecule has 0 spiro atoms. The minimum Gasteiger partial charge on any atom is -0.330 e. The largest absolute Gasteiger partial charge is 0.330 e. The van der Waals surface area contributed by atoms with E-state index in [1.165, 1.54) is 0 Å². The van der Waals surface area contributed by atoms with E-state index in [0.29, 0.717) is 19.6 Å². The third-order valence-electron chi connectivity index (χ3n) is 2.71. The summed E-state index contributed by atoms with van der Waals surface area (Å²) < 4.78 is 18.8. The number of nitrogens with zero attached hydrogens (tertiary/aromatic N) is 1. The van der Waals surface area contributed by atoms with Crippen molar-refractivity contribution in [2.24, 2.45) is 0 Å². The Morgan fingerprint density at radius 3 is 2.38 bits per heavy atom. The lowest BCUT2D eigenvalue weighted by Crippen LogP contribution is -2.51. The molecule has 78 valence electrons. The van der Waals surface area contributed by atoms with Crippen molar-refractivity contribution in [3.8, 4) is 0 Å². The molecule has 1 unspecified atom stereocenters. The van der Waals surface area contributed by atoms with E-state index in [9.17, 15) is 4.39 Å². The van der Waals surface area contributed by atoms with Gasteiger partial charge >= 0.3 is 0 Å². The molecule has 0 saturated carbocycles. The minimum atomic E-state index is -1.37. The molecular formula is C10H20FNO. The fraction of sp³-hybridized carbons (Fsp3) is 1.00. The Labute approximate surface area is 80.1 Å². The van der Waals surface area contributed by atoms with Crippen molar-refractivity contribution in [2.75, 3.05) is 13.3 Å². The second-order valence-corrected chi connectivity index (χ2v) is 4.69. The Morgan fingerprint density at radius 1 is 1.46 bits per heavy atom. The zero-order valence-electron chi connectivity index (χ0n) is 9.06. The van der Waals surface area contributed by atoms with Gasteiger partial charge in [-0.25, -0.2) is 4.39 Å². The first-order valence-electron chi connectivity index (χ1n) is 4.95. The molecule has 13 heavy (non-hydrogen) atoms. The number of rotatable bonds is 1. The van der Waals surface area contributed by atoms with Crippen molar-refractivity contribution < 1.29 is 9.13 Å². The van der Waals surface area contributed by atoms with E-state index in [-0.39, 0.29) is 5.54 Å². The highest BCUT2D eigenvalue weighted by Crippen LogP contribution is 2.29. The van der Waals surface area contributed by atoms with Crippen LogP contribution >= 0.6 is 0 Å². The van der Waals surface area contributed by atoms with Crippen LogP contribution in [0.2, 0.25) is 0 Å². The first-order chi connectivity index (χ1) is 5.87. The zero-order valence-corrected chi connectivity index (χ0v) is 9.06. The molecule has 0 N–H and O–H groups in total. The van der Waals surface area contributed by atoms with Crippen LogP contribution in [0.4, 0.5) is 4.39 Å². The molecule has 1 atom stereocenters. The molecule has 1 saturated heterocycles. The molecule has 0 radical (unpaired) electrons. The van der Waals surface area contributed by atoms with E-state index in [0.717, 1.165) is 6.54 Å². The average molecular weight is 189 g/mol. The predicted octanol–water partition coefficient (Wildman–Crippen LogP) is 2.54. The smallest absolute Gasteiger partial charge is 0.211 e. The lowest BCUT2D eigenvalue weighted by molar-refractivity contribution is -0.224. The van der Waals surface area contributed by atoms with Crippen LogP contribution in [0.25, 0.3) is 0 Å². The Balaban J connectivity index is 2.48. The van der Waals surface area contributed by atoms with Gasteiger partial charge in [0.25, 0.3) is 0 Å². The summed E-state index contributed by atoms with van der Waals surface area (Å²) in [5.41, 5.74) is 0.0784. The fourth-order valence-corrected chi connectivity index (χ4v) is 1.44. The molecule has 3 heteroatoms. The molecule has 0 aromatic rings. The summed E-state index contributed by atoms with van der Waals surface area (Å²) in [6, 6.07) is 0. The van der Waals surface area contributed by atoms with Crippen molar-refractivity contribution in [1.29, 1.82) is 0 Å². The fourth-order valence-electron chi connectivity index (χ4n) is 1.44. The molecule has 1 aliphatic heterocycles. The van der Waals surface area contributed by atoms with Crippen molar-refractivity contribution in [1.82, 2.24) is 4.90 Å². The van der Waals surface area contributed by atoms with Gasteiger partial charge < -0.3 is 4.74 Å². The molecule has 0 amide bonds. The number of hydrogen-bond donors (Lipinski definition) is 0. The van der Waals surface area contributed by atoms with E-state index >= 15 is 0 Å². The Bertz CT molecular complexity index is 168. The van der Waals surface area contributed by atoms with E-state index < -0.39 is 5.85 Å². The van der Waals surface area contributed by atoms with Gasteiger partial charge in [0, 0.05) is 24.9 Å². The van der Waals surface area contributed by atoms with Crippen LogP contribution in [0.1, 0.15) is 40.5 Å². The normalized spacial score (nSPS) is 32.1. The van der Waals surface area contributed by atoms with Crippen molar-refractivity contribution in [2.45, 2.75) is 51.9 Å². The molecule has 0 aliphatic carbocycles. The maximum atomic E-state index is 13.6. The third kappa shape index (κ3) is 2.64. The summed E-state index contributed by atoms with van der Waals surface area (Å²) in [5, 5.41) is 0. The molecule has 0 aromatic carbocycles. The van der Waals surface area contributed by atoms with E-state index in [4.69, 9.17) is 4.74 Å². The number of alkyl halides is 1. The van der Waals surface area contributed by atoms with Gasteiger partial charge in [0.2, 0.25) is 5.85 Å². The SMILES string of the molecule is CCC1(F)CCN(C(C)(C)C)CO1. The third-order valence-corrected chi connectivity index (χ3v) is 2.71. The summed E-state index contributed by atoms with van der Waals surface area (Å²) in [5.74, 6) is -1.37. The predicted molar refractivity (Wildman–Crippen MR) is 51.2 cm³/mol. The topological polar surface area (TPSA) is 12.5 Å². The van der Waals surface area contributed by atoms with Crippen LogP contribution in [0.15, 0.2) is 0 Å². The molecule has 1 heterocycles. The highest BCUT2D eigenvalue weighted by molar-refractivity contribution is 4.81. The summed E-state index contributed by atoms with van der Waals surface area (Å²) in [6.07, 6.45) is 0.936. The van der Waals surface area contributed by atoms with Gasteiger partial charge in [-0.15, -0.1) is 0 Å². The van der Waals surface area contributed by atoms with Gasteiger partial charge in [-0.2, -0.15) is 0 Å². The van der Waals surface area contributed by atoms with Crippen molar-refractivity contribution in [3.05, 3.63) is 0 Å². The second-order valence-electron chi connectivity index (χ2n) is 4.69. The van der Waals surface area contributed by atoms with Gasteiger partial charge in [0.05, 0.1) is 0 Å². The van der Waals surface area contributed by atoms with E-state index in [1.807, 2.05) is 6.92 Å². The Kier molecular flexibility index (Phi) is 2.98. The summed E-state index contributed by atoms with van der Waals surface area (Å²) in [6.45, 7) is 9.38. The summed E-state index contributed by atoms with van der Waals surface area (Å²) in [7, 11) is 0. The van der Waals surface area contributed by atoms with Gasteiger partial charge in [0.1, 0.15) is 6.73 Å². The van der Waals surface area contributed by atoms with Crippen LogP contribution in [-0.4, -0.2) is 29.6 Å². The number of halogens is 1. The first-order valence-corrected chi connectivity index (χ1v) is 4.95. The summed E-state index contributed by atoms with van der Waals surface area (Å²) >= 11 is 0. The van der Waals surface area contributed by atoms with Crippen molar-refractivity contribution >= 4 is 0 Å². The lowest BCUT2D eigenvalue weighted by atomic mass is 10.0. The van der Waals surface area contributed by atoms with Crippen LogP contribution in [0, 0.1) is 0 Å². The Hall–Kier alpha value is -0.150. The monoisotopic (exact) mass is 189 g/mol. The number of ether oxygens (including phenoxy) is 1. The molecule has 0 bridgehead atoms. The molecule has 0 aromatic heterocycles. The first kappa shape index (κ1) is 10.9. The molecule has 1 rings (SSSR count). The molecule has 1 fully saturated rings. The van der Waals surface area contributed by atoms with E-state index in [1.54, 1.807) is 0 Å². The minimum absolute atomic E-state index is 0.0784. The van der Waals surface area contributed by atoms with Crippen LogP contribution in [0.3, 0.4) is 0 Å². The number of hydrogen-bond acceptors (Lipinski definition) is 2. The molecule has 1 aliphatic rings. The molecular weight excluding hydrogens is 169 g/mol. The lowest BCUT2D eigenvalue weighted by Gasteiger charge is -2.42.